The molecule has 4 N–H and O–H groups in total. The summed E-state index contributed by atoms with van der Waals surface area (Å²) in [6.07, 6.45) is -7.47. The number of nitrogens with two attached hydrogens (primary N) is 2. The topological polar surface area (TPSA) is 78.3 Å². The fraction of sp³-hybridized carbons (Fsp3) is 0.211. The minimum absolute atomic E-state index is 0.0291. The van der Waals surface area contributed by atoms with Crippen LogP contribution in [0.15, 0.2) is 34.8 Å². The van der Waals surface area contributed by atoms with Crippen molar-refractivity contribution in [2.45, 2.75) is 19.3 Å². The van der Waals surface area contributed by atoms with E-state index in [1.165, 1.54) is 0 Å². The molecule has 2 aromatic rings. The van der Waals surface area contributed by atoms with Gasteiger partial charge in [0.15, 0.2) is 0 Å². The molecule has 176 valence electrons. The van der Waals surface area contributed by atoms with Gasteiger partial charge in [-0.3, -0.25) is 0 Å². The van der Waals surface area contributed by atoms with Crippen molar-refractivity contribution in [3.8, 4) is 0 Å². The lowest BCUT2D eigenvalue weighted by atomic mass is 10.1. The molecule has 0 radical (unpaired) electrons. The molecule has 0 saturated carbocycles. The molecule has 0 amide bonds. The van der Waals surface area contributed by atoms with E-state index in [1.54, 1.807) is 6.92 Å². The van der Waals surface area contributed by atoms with Crippen molar-refractivity contribution in [3.63, 3.8) is 0 Å². The van der Waals surface area contributed by atoms with Crippen molar-refractivity contribution < 1.29 is 44.7 Å². The summed E-state index contributed by atoms with van der Waals surface area (Å²) >= 11 is 2.81. The number of benzene rings is 2. The van der Waals surface area contributed by atoms with Crippen molar-refractivity contribution in [2.75, 3.05) is 18.1 Å². The number of nitrogen functional groups attached to an aromatic ring is 2. The van der Waals surface area contributed by atoms with Crippen molar-refractivity contribution in [2.24, 2.45) is 0 Å². The predicted octanol–water partition coefficient (Wildman–Crippen LogP) is 6.19. The first-order valence-corrected chi connectivity index (χ1v) is 9.20. The third-order valence-electron chi connectivity index (χ3n) is 3.56. The van der Waals surface area contributed by atoms with E-state index in [1.807, 2.05) is 0 Å². The molecule has 0 atom stereocenters. The molecule has 0 aliphatic heterocycles. The lowest BCUT2D eigenvalue weighted by molar-refractivity contribution is -0.140. The van der Waals surface area contributed by atoms with Gasteiger partial charge in [0.05, 0.1) is 17.7 Å². The predicted molar refractivity (Wildman–Crippen MR) is 105 cm³/mol. The van der Waals surface area contributed by atoms with Crippen LogP contribution in [0.3, 0.4) is 0 Å². The number of hydrogen-bond donors (Lipinski definition) is 2. The van der Waals surface area contributed by atoms with E-state index in [2.05, 4.69) is 20.7 Å². The minimum Gasteiger partial charge on any atom is -0.463 e. The van der Waals surface area contributed by atoms with Gasteiger partial charge in [-0.1, -0.05) is 0 Å². The fourth-order valence-corrected chi connectivity index (χ4v) is 2.41. The number of rotatable bonds is 3. The van der Waals surface area contributed by atoms with Crippen molar-refractivity contribution >= 4 is 39.4 Å². The van der Waals surface area contributed by atoms with E-state index in [0.717, 1.165) is 12.2 Å². The molecule has 0 bridgehead atoms. The Morgan fingerprint density at radius 2 is 1.41 bits per heavy atom. The molecule has 0 spiro atoms. The molecule has 0 aliphatic rings. The highest BCUT2D eigenvalue weighted by Gasteiger charge is 2.35. The molecule has 4 nitrogen and oxygen atoms in total. The van der Waals surface area contributed by atoms with E-state index in [0.29, 0.717) is 24.3 Å². The first kappa shape index (κ1) is 27.2. The number of halogens is 9. The summed E-state index contributed by atoms with van der Waals surface area (Å²) < 4.78 is 104. The van der Waals surface area contributed by atoms with Gasteiger partial charge in [0, 0.05) is 27.5 Å². The van der Waals surface area contributed by atoms with Crippen LogP contribution >= 0.6 is 15.9 Å². The summed E-state index contributed by atoms with van der Waals surface area (Å²) in [7, 11) is 0. The molecule has 0 fully saturated rings. The maximum absolute atomic E-state index is 13.3. The van der Waals surface area contributed by atoms with Crippen LogP contribution in [0.1, 0.15) is 23.6 Å². The Morgan fingerprint density at radius 1 is 0.938 bits per heavy atom. The van der Waals surface area contributed by atoms with Gasteiger partial charge in [0.1, 0.15) is 11.6 Å². The molecule has 32 heavy (non-hydrogen) atoms. The normalized spacial score (nSPS) is 11.8. The van der Waals surface area contributed by atoms with E-state index in [4.69, 9.17) is 11.5 Å². The van der Waals surface area contributed by atoms with Crippen molar-refractivity contribution in [1.29, 1.82) is 0 Å². The Balaban J connectivity index is 0.000000343. The Morgan fingerprint density at radius 3 is 1.88 bits per heavy atom. The summed E-state index contributed by atoms with van der Waals surface area (Å²) in [6, 6.07) is 2.35. The molecule has 2 aromatic carbocycles. The summed E-state index contributed by atoms with van der Waals surface area (Å²) in [6.45, 7) is 1.75. The molecule has 0 unspecified atom stereocenters. The van der Waals surface area contributed by atoms with Gasteiger partial charge in [0.2, 0.25) is 0 Å². The van der Waals surface area contributed by atoms with Crippen LogP contribution in [0, 0.1) is 11.6 Å². The summed E-state index contributed by atoms with van der Waals surface area (Å²) in [5.74, 6) is -3.49. The maximum Gasteiger partial charge on any atom is 0.419 e. The highest BCUT2D eigenvalue weighted by atomic mass is 79.9. The van der Waals surface area contributed by atoms with Gasteiger partial charge >= 0.3 is 18.3 Å². The number of hydrogen-bond acceptors (Lipinski definition) is 4. The average molecular weight is 535 g/mol. The van der Waals surface area contributed by atoms with Gasteiger partial charge in [0.25, 0.3) is 0 Å². The van der Waals surface area contributed by atoms with Gasteiger partial charge in [-0.25, -0.2) is 13.6 Å². The van der Waals surface area contributed by atoms with Crippen LogP contribution in [0.4, 0.5) is 46.5 Å². The second-order valence-electron chi connectivity index (χ2n) is 5.90. The quantitative estimate of drug-likeness (QED) is 0.213. The van der Waals surface area contributed by atoms with E-state index >= 15 is 0 Å². The maximum atomic E-state index is 13.3. The zero-order valence-corrected chi connectivity index (χ0v) is 17.6. The van der Waals surface area contributed by atoms with Crippen LogP contribution in [-0.4, -0.2) is 12.6 Å². The SMILES string of the molecule is CCOC(=O)/C=C/c1cc(F)c(C(F)(F)F)cc1N.Nc1cc(C(F)(F)F)c(F)cc1Br. The van der Waals surface area contributed by atoms with Crippen molar-refractivity contribution in [1.82, 2.24) is 0 Å². The standard InChI is InChI=1S/C12H11F4NO2.C7H4BrF4N/c1-2-19-11(18)4-3-7-5-9(13)8(6-10(7)17)12(14,15)16;8-4-2-5(9)3(1-6(4)13)7(10,11)12/h3-6H,2,17H2,1H3;1-2H,13H2/b4-3+;. The first-order chi connectivity index (χ1) is 14.6. The number of alkyl halides is 6. The summed E-state index contributed by atoms with van der Waals surface area (Å²) in [5.41, 5.74) is 7.29. The second-order valence-corrected chi connectivity index (χ2v) is 6.75. The van der Waals surface area contributed by atoms with Gasteiger partial charge in [-0.15, -0.1) is 0 Å². The largest absolute Gasteiger partial charge is 0.463 e. The lowest BCUT2D eigenvalue weighted by Gasteiger charge is -2.10. The Labute approximate surface area is 185 Å². The minimum atomic E-state index is -4.82. The lowest BCUT2D eigenvalue weighted by Crippen LogP contribution is -2.09. The highest BCUT2D eigenvalue weighted by Crippen LogP contribution is 2.35. The van der Waals surface area contributed by atoms with Gasteiger partial charge in [-0.2, -0.15) is 26.3 Å². The molecule has 13 heteroatoms. The van der Waals surface area contributed by atoms with E-state index in [9.17, 15) is 39.9 Å². The molecule has 0 aromatic heterocycles. The Bertz CT molecular complexity index is 1000. The molecular formula is C19H15BrF8N2O2. The molecule has 0 saturated heterocycles. The third kappa shape index (κ3) is 7.70. The third-order valence-corrected chi connectivity index (χ3v) is 4.24. The van der Waals surface area contributed by atoms with Gasteiger partial charge in [-0.05, 0) is 53.2 Å². The van der Waals surface area contributed by atoms with Crippen LogP contribution < -0.4 is 11.5 Å². The number of ether oxygens (including phenoxy) is 1. The van der Waals surface area contributed by atoms with Crippen LogP contribution in [-0.2, 0) is 21.9 Å². The fourth-order valence-electron chi connectivity index (χ4n) is 2.10. The molecular weight excluding hydrogens is 520 g/mol. The summed E-state index contributed by atoms with van der Waals surface area (Å²) in [5, 5.41) is 0. The Kier molecular flexibility index (Phi) is 9.06. The zero-order valence-electron chi connectivity index (χ0n) is 16.0. The van der Waals surface area contributed by atoms with E-state index in [-0.39, 0.29) is 28.0 Å². The average Bonchev–Trinajstić information content (AvgIpc) is 2.64. The van der Waals surface area contributed by atoms with Crippen LogP contribution in [0.25, 0.3) is 6.08 Å². The number of esters is 1. The first-order valence-electron chi connectivity index (χ1n) is 8.40. The van der Waals surface area contributed by atoms with Crippen molar-refractivity contribution in [3.05, 3.63) is 63.1 Å². The molecule has 0 aliphatic carbocycles. The smallest absolute Gasteiger partial charge is 0.419 e. The van der Waals surface area contributed by atoms with Crippen LogP contribution in [0.5, 0.6) is 0 Å². The second kappa shape index (κ2) is 10.7. The van der Waals surface area contributed by atoms with Crippen LogP contribution in [0.2, 0.25) is 0 Å². The highest BCUT2D eigenvalue weighted by molar-refractivity contribution is 9.10. The number of anilines is 2. The zero-order chi connectivity index (χ0) is 24.9. The van der Waals surface area contributed by atoms with Gasteiger partial charge < -0.3 is 16.2 Å². The summed E-state index contributed by atoms with van der Waals surface area (Å²) in [4.78, 5) is 11.0. The van der Waals surface area contributed by atoms with E-state index < -0.39 is 41.1 Å². The molecule has 0 heterocycles. The Hall–Kier alpha value is -2.83. The number of carbonyl (C=O) groups is 1. The monoisotopic (exact) mass is 534 g/mol. The molecule has 2 rings (SSSR count). The number of carbonyl (C=O) groups excluding carboxylic acids is 1.